The van der Waals surface area contributed by atoms with Gasteiger partial charge in [0.05, 0.1) is 18.2 Å². The average Bonchev–Trinajstić information content (AvgIpc) is 3.93. The van der Waals surface area contributed by atoms with Crippen molar-refractivity contribution in [3.8, 4) is 0 Å². The number of thioether (sulfide) groups is 1. The van der Waals surface area contributed by atoms with Gasteiger partial charge < -0.3 is 26.2 Å². The molecule has 4 amide bonds. The highest BCUT2D eigenvalue weighted by Gasteiger charge is 2.45. The van der Waals surface area contributed by atoms with E-state index in [0.29, 0.717) is 31.4 Å². The Morgan fingerprint density at radius 2 is 1.25 bits per heavy atom. The zero-order chi connectivity index (χ0) is 38.6. The van der Waals surface area contributed by atoms with Crippen molar-refractivity contribution in [3.63, 3.8) is 0 Å². The van der Waals surface area contributed by atoms with Crippen molar-refractivity contribution in [2.45, 2.75) is 179 Å². The summed E-state index contributed by atoms with van der Waals surface area (Å²) in [6.07, 6.45) is 22.1. The van der Waals surface area contributed by atoms with Crippen LogP contribution in [0.5, 0.6) is 0 Å². The maximum Gasteiger partial charge on any atom is 0.408 e. The van der Waals surface area contributed by atoms with Gasteiger partial charge in [0, 0.05) is 37.4 Å². The number of aliphatic hydroxyl groups excluding tert-OH is 1. The molecule has 1 aliphatic rings. The number of amides is 4. The minimum Gasteiger partial charge on any atom is -0.465 e. The Bertz CT molecular complexity index is 1150. The number of benzene rings is 1. The van der Waals surface area contributed by atoms with Crippen LogP contribution in [0, 0.1) is 0 Å². The highest BCUT2D eigenvalue weighted by Crippen LogP contribution is 2.35. The number of nitrogens with zero attached hydrogens (tertiary/aromatic N) is 1. The van der Waals surface area contributed by atoms with Crippen molar-refractivity contribution in [1.82, 2.24) is 20.9 Å². The van der Waals surface area contributed by atoms with Crippen LogP contribution >= 0.6 is 11.8 Å². The van der Waals surface area contributed by atoms with Crippen LogP contribution in [0.25, 0.3) is 0 Å². The molecule has 1 aromatic rings. The van der Waals surface area contributed by atoms with Gasteiger partial charge in [-0.1, -0.05) is 147 Å². The van der Waals surface area contributed by atoms with E-state index in [4.69, 9.17) is 0 Å². The summed E-state index contributed by atoms with van der Waals surface area (Å²) in [6, 6.07) is 7.77. The smallest absolute Gasteiger partial charge is 0.408 e. The largest absolute Gasteiger partial charge is 0.465 e. The first kappa shape index (κ1) is 46.4. The summed E-state index contributed by atoms with van der Waals surface area (Å²) in [7, 11) is 0. The summed E-state index contributed by atoms with van der Waals surface area (Å²) < 4.78 is 0. The zero-order valence-electron chi connectivity index (χ0n) is 33.0. The maximum absolute atomic E-state index is 13.6. The molecule has 11 heteroatoms. The van der Waals surface area contributed by atoms with E-state index in [0.717, 1.165) is 49.0 Å². The molecular weight excluding hydrogens is 689 g/mol. The lowest BCUT2D eigenvalue weighted by molar-refractivity contribution is -0.126. The van der Waals surface area contributed by atoms with Crippen molar-refractivity contribution < 1.29 is 29.4 Å². The number of hydrogen-bond acceptors (Lipinski definition) is 6. The van der Waals surface area contributed by atoms with Crippen LogP contribution in [0.3, 0.4) is 0 Å². The van der Waals surface area contributed by atoms with E-state index in [1.54, 1.807) is 0 Å². The fraction of sp³-hybridized carbons (Fsp3) is 0.762. The third-order valence-corrected chi connectivity index (χ3v) is 11.4. The summed E-state index contributed by atoms with van der Waals surface area (Å²) in [5.74, 6) is 0.0180. The summed E-state index contributed by atoms with van der Waals surface area (Å²) >= 11 is 1.38. The quantitative estimate of drug-likeness (QED) is 0.0453. The van der Waals surface area contributed by atoms with Gasteiger partial charge >= 0.3 is 6.09 Å². The van der Waals surface area contributed by atoms with E-state index in [1.165, 1.54) is 88.8 Å². The van der Waals surface area contributed by atoms with Gasteiger partial charge in [-0.2, -0.15) is 11.8 Å². The molecular formula is C42H72N4O6S. The molecule has 0 spiro atoms. The first-order valence-electron chi connectivity index (χ1n) is 20.8. The molecule has 0 aliphatic heterocycles. The van der Waals surface area contributed by atoms with Crippen LogP contribution < -0.4 is 16.0 Å². The topological polar surface area (TPSA) is 148 Å². The number of carboxylic acid groups (broad SMARTS) is 1. The molecule has 0 heterocycles. The molecule has 1 fully saturated rings. The van der Waals surface area contributed by atoms with Crippen molar-refractivity contribution in [2.75, 3.05) is 24.7 Å². The maximum atomic E-state index is 13.6. The van der Waals surface area contributed by atoms with Crippen molar-refractivity contribution >= 4 is 35.6 Å². The average molecular weight is 761 g/mol. The number of unbranched alkanes of at least 4 members (excludes halogenated alkanes) is 16. The molecule has 5 N–H and O–H groups in total. The van der Waals surface area contributed by atoms with Crippen molar-refractivity contribution in [2.24, 2.45) is 0 Å². The molecule has 0 saturated heterocycles. The number of carbonyl (C=O) groups excluding carboxylic acids is 3. The lowest BCUT2D eigenvalue weighted by Gasteiger charge is -2.30. The molecule has 302 valence electrons. The van der Waals surface area contributed by atoms with Crippen LogP contribution in [0.15, 0.2) is 30.3 Å². The van der Waals surface area contributed by atoms with Gasteiger partial charge in [0.1, 0.15) is 6.04 Å². The van der Waals surface area contributed by atoms with E-state index >= 15 is 0 Å². The van der Waals surface area contributed by atoms with Gasteiger partial charge in [-0.3, -0.25) is 19.3 Å². The van der Waals surface area contributed by atoms with Gasteiger partial charge in [-0.25, -0.2) is 4.79 Å². The Kier molecular flexibility index (Phi) is 25.0. The summed E-state index contributed by atoms with van der Waals surface area (Å²) in [5, 5.41) is 29.1. The Hall–Kier alpha value is -2.79. The van der Waals surface area contributed by atoms with Crippen LogP contribution in [0.1, 0.15) is 161 Å². The molecule has 2 atom stereocenters. The van der Waals surface area contributed by atoms with Gasteiger partial charge in [0.15, 0.2) is 0 Å². The second-order valence-corrected chi connectivity index (χ2v) is 16.2. The Morgan fingerprint density at radius 3 is 1.74 bits per heavy atom. The van der Waals surface area contributed by atoms with Crippen molar-refractivity contribution in [3.05, 3.63) is 35.9 Å². The zero-order valence-corrected chi connectivity index (χ0v) is 33.8. The normalized spacial score (nSPS) is 14.2. The number of rotatable bonds is 33. The molecule has 0 radical (unpaired) electrons. The first-order chi connectivity index (χ1) is 25.7. The van der Waals surface area contributed by atoms with Crippen molar-refractivity contribution in [1.29, 1.82) is 0 Å². The Balaban J connectivity index is 1.96. The second-order valence-electron chi connectivity index (χ2n) is 15.1. The molecule has 0 unspecified atom stereocenters. The summed E-state index contributed by atoms with van der Waals surface area (Å²) in [5.41, 5.74) is 0.0683. The molecule has 0 aromatic heterocycles. The number of carbonyl (C=O) groups is 4. The fourth-order valence-corrected chi connectivity index (χ4v) is 7.68. The molecule has 1 saturated carbocycles. The fourth-order valence-electron chi connectivity index (χ4n) is 6.51. The van der Waals surface area contributed by atoms with Crippen LogP contribution in [0.2, 0.25) is 0 Å². The van der Waals surface area contributed by atoms with Crippen LogP contribution in [0.4, 0.5) is 4.79 Å². The number of aliphatic hydroxyl groups is 1. The summed E-state index contributed by atoms with van der Waals surface area (Å²) in [6.45, 7) is 4.55. The third-order valence-electron chi connectivity index (χ3n) is 10.2. The van der Waals surface area contributed by atoms with Crippen LogP contribution in [-0.4, -0.2) is 81.2 Å². The van der Waals surface area contributed by atoms with E-state index in [1.807, 2.05) is 30.3 Å². The molecule has 1 aliphatic carbocycles. The van der Waals surface area contributed by atoms with E-state index in [2.05, 4.69) is 29.8 Å². The van der Waals surface area contributed by atoms with Gasteiger partial charge in [0.25, 0.3) is 0 Å². The molecule has 0 bridgehead atoms. The Labute approximate surface area is 324 Å². The van der Waals surface area contributed by atoms with Gasteiger partial charge in [-0.15, -0.1) is 0 Å². The molecule has 2 rings (SSSR count). The van der Waals surface area contributed by atoms with E-state index < -0.39 is 23.6 Å². The standard InChI is InChI=1S/C42H72N4O6S/c1-3-5-7-9-11-13-15-17-22-26-38(48)43-30-36(44-39(49)27-23-18-16-14-12-10-8-6-4-2)32-53-33-37(40(50)45-42(34-47)28-29-42)46(41(51)52)31-35-24-20-19-21-25-35/h19-21,24-25,36-37,47H,3-18,22-23,26-34H2,1-2H3,(H,43,48)(H,44,49)(H,45,50)(H,51,52)/t36-,37+/m1/s1. The monoisotopic (exact) mass is 761 g/mol. The number of hydrogen-bond donors (Lipinski definition) is 5. The molecule has 53 heavy (non-hydrogen) atoms. The second kappa shape index (κ2) is 28.6. The number of nitrogens with one attached hydrogen (secondary N) is 3. The Morgan fingerprint density at radius 1 is 0.736 bits per heavy atom. The predicted octanol–water partition coefficient (Wildman–Crippen LogP) is 8.35. The van der Waals surface area contributed by atoms with Gasteiger partial charge in [0.2, 0.25) is 17.7 Å². The molecule has 1 aromatic carbocycles. The first-order valence-corrected chi connectivity index (χ1v) is 22.0. The van der Waals surface area contributed by atoms with E-state index in [-0.39, 0.29) is 43.3 Å². The minimum absolute atomic E-state index is 0.0352. The van der Waals surface area contributed by atoms with Crippen LogP contribution in [-0.2, 0) is 20.9 Å². The lowest BCUT2D eigenvalue weighted by Crippen LogP contribution is -2.54. The third kappa shape index (κ3) is 21.6. The summed E-state index contributed by atoms with van der Waals surface area (Å²) in [4.78, 5) is 53.1. The lowest BCUT2D eigenvalue weighted by atomic mass is 10.1. The highest BCUT2D eigenvalue weighted by atomic mass is 32.2. The van der Waals surface area contributed by atoms with Gasteiger partial charge in [-0.05, 0) is 31.2 Å². The highest BCUT2D eigenvalue weighted by molar-refractivity contribution is 7.99. The SMILES string of the molecule is CCCCCCCCCCCC(=O)NC[C@H](CSC[C@@H](C(=O)NC1(CO)CC1)N(Cc1ccccc1)C(=O)O)NC(=O)CCCCCCCCCCC. The van der Waals surface area contributed by atoms with E-state index in [9.17, 15) is 29.4 Å². The molecule has 10 nitrogen and oxygen atoms in total. The predicted molar refractivity (Wildman–Crippen MR) is 217 cm³/mol. The minimum atomic E-state index is -1.21.